The van der Waals surface area contributed by atoms with Crippen molar-refractivity contribution in [2.45, 2.75) is 31.3 Å². The largest absolute Gasteiger partial charge is 0.493 e. The second-order valence-corrected chi connectivity index (χ2v) is 11.5. The van der Waals surface area contributed by atoms with E-state index in [1.54, 1.807) is 35.2 Å². The SMILES string of the molecule is COc1cc(C2CN(C(=O)c3cc(OCCN4CCN(C(N)=O)CC4)ccn3)C2)ccc1OCc1ccc(C2CC2)cc1. The van der Waals surface area contributed by atoms with Gasteiger partial charge in [-0.05, 0) is 53.6 Å². The Balaban J connectivity index is 0.969. The predicted molar refractivity (Wildman–Crippen MR) is 162 cm³/mol. The first-order valence-electron chi connectivity index (χ1n) is 15.0. The first-order valence-corrected chi connectivity index (χ1v) is 15.0. The summed E-state index contributed by atoms with van der Waals surface area (Å²) in [6.07, 6.45) is 4.21. The molecule has 10 heteroatoms. The molecule has 3 fully saturated rings. The number of nitrogens with two attached hydrogens (primary N) is 1. The van der Waals surface area contributed by atoms with Gasteiger partial charge in [-0.15, -0.1) is 0 Å². The second kappa shape index (κ2) is 12.9. The number of amides is 3. The van der Waals surface area contributed by atoms with Crippen LogP contribution in [-0.2, 0) is 6.61 Å². The first kappa shape index (κ1) is 28.8. The molecule has 0 spiro atoms. The number of benzene rings is 2. The molecule has 3 aliphatic rings. The van der Waals surface area contributed by atoms with E-state index in [4.69, 9.17) is 19.9 Å². The Hall–Kier alpha value is -4.31. The highest BCUT2D eigenvalue weighted by molar-refractivity contribution is 5.93. The van der Waals surface area contributed by atoms with Crippen LogP contribution in [0.2, 0.25) is 0 Å². The molecule has 0 bridgehead atoms. The van der Waals surface area contributed by atoms with Gasteiger partial charge < -0.3 is 29.7 Å². The summed E-state index contributed by atoms with van der Waals surface area (Å²) >= 11 is 0. The van der Waals surface area contributed by atoms with Gasteiger partial charge >= 0.3 is 6.03 Å². The Labute approximate surface area is 252 Å². The summed E-state index contributed by atoms with van der Waals surface area (Å²) in [4.78, 5) is 34.4. The lowest BCUT2D eigenvalue weighted by atomic mass is 9.91. The minimum atomic E-state index is -0.373. The number of carbonyl (C=O) groups is 2. The fourth-order valence-electron chi connectivity index (χ4n) is 5.64. The summed E-state index contributed by atoms with van der Waals surface area (Å²) in [5.74, 6) is 2.87. The van der Waals surface area contributed by atoms with E-state index >= 15 is 0 Å². The van der Waals surface area contributed by atoms with E-state index in [-0.39, 0.29) is 17.9 Å². The molecular weight excluding hydrogens is 546 g/mol. The third kappa shape index (κ3) is 7.02. The molecule has 3 heterocycles. The standard InChI is InChI=1S/C33H39N5O5/c1-41-31-18-26(8-9-30(31)43-22-23-2-4-24(5-3-23)25-6-7-25)27-20-38(21-27)32(39)29-19-28(10-11-35-29)42-17-16-36-12-14-37(15-13-36)33(34)40/h2-5,8-11,18-19,25,27H,6-7,12-17,20-22H2,1H3,(H2,34,40). The molecule has 226 valence electrons. The van der Waals surface area contributed by atoms with Crippen molar-refractivity contribution in [1.82, 2.24) is 19.7 Å². The van der Waals surface area contributed by atoms with Crippen LogP contribution < -0.4 is 19.9 Å². The van der Waals surface area contributed by atoms with E-state index in [1.807, 2.05) is 12.1 Å². The van der Waals surface area contributed by atoms with Gasteiger partial charge in [-0.1, -0.05) is 30.3 Å². The molecule has 2 aromatic carbocycles. The van der Waals surface area contributed by atoms with Crippen LogP contribution in [0.4, 0.5) is 4.79 Å². The maximum atomic E-state index is 13.1. The molecule has 10 nitrogen and oxygen atoms in total. The number of aromatic nitrogens is 1. The van der Waals surface area contributed by atoms with E-state index in [0.717, 1.165) is 36.7 Å². The minimum Gasteiger partial charge on any atom is -0.493 e. The van der Waals surface area contributed by atoms with Crippen molar-refractivity contribution >= 4 is 11.9 Å². The molecule has 6 rings (SSSR count). The van der Waals surface area contributed by atoms with Crippen molar-refractivity contribution < 1.29 is 23.8 Å². The molecule has 2 aliphatic heterocycles. The number of hydrogen-bond donors (Lipinski definition) is 1. The zero-order valence-corrected chi connectivity index (χ0v) is 24.6. The molecule has 2 N–H and O–H groups in total. The summed E-state index contributed by atoms with van der Waals surface area (Å²) in [6.45, 7) is 5.69. The third-order valence-electron chi connectivity index (χ3n) is 8.56. The van der Waals surface area contributed by atoms with E-state index in [0.29, 0.717) is 62.3 Å². The Morgan fingerprint density at radius 3 is 2.30 bits per heavy atom. The van der Waals surface area contributed by atoms with Crippen LogP contribution in [0.25, 0.3) is 0 Å². The Bertz CT molecular complexity index is 1430. The molecule has 2 saturated heterocycles. The molecule has 0 atom stereocenters. The van der Waals surface area contributed by atoms with E-state index in [1.165, 1.54) is 18.4 Å². The Morgan fingerprint density at radius 2 is 1.60 bits per heavy atom. The van der Waals surface area contributed by atoms with Gasteiger partial charge in [0.05, 0.1) is 7.11 Å². The predicted octanol–water partition coefficient (Wildman–Crippen LogP) is 3.86. The summed E-state index contributed by atoms with van der Waals surface area (Å²) in [5, 5.41) is 0. The Kier molecular flexibility index (Phi) is 8.64. The average Bonchev–Trinajstić information content (AvgIpc) is 3.86. The van der Waals surface area contributed by atoms with Crippen LogP contribution in [0.5, 0.6) is 17.2 Å². The summed E-state index contributed by atoms with van der Waals surface area (Å²) in [6, 6.07) is 17.8. The van der Waals surface area contributed by atoms with Crippen LogP contribution in [0.1, 0.15) is 51.9 Å². The van der Waals surface area contributed by atoms with Crippen LogP contribution in [0.3, 0.4) is 0 Å². The van der Waals surface area contributed by atoms with Gasteiger partial charge in [0.25, 0.3) is 5.91 Å². The summed E-state index contributed by atoms with van der Waals surface area (Å²) in [7, 11) is 1.65. The second-order valence-electron chi connectivity index (χ2n) is 11.5. The quantitative estimate of drug-likeness (QED) is 0.364. The minimum absolute atomic E-state index is 0.108. The van der Waals surface area contributed by atoms with Gasteiger partial charge in [0.2, 0.25) is 0 Å². The van der Waals surface area contributed by atoms with E-state index in [9.17, 15) is 9.59 Å². The fourth-order valence-corrected chi connectivity index (χ4v) is 5.64. The van der Waals surface area contributed by atoms with Gasteiger partial charge in [-0.25, -0.2) is 4.79 Å². The van der Waals surface area contributed by atoms with Crippen LogP contribution in [0.15, 0.2) is 60.8 Å². The van der Waals surface area contributed by atoms with Gasteiger partial charge in [-0.2, -0.15) is 0 Å². The van der Waals surface area contributed by atoms with Gasteiger partial charge in [0, 0.05) is 64.0 Å². The number of rotatable bonds is 11. The van der Waals surface area contributed by atoms with Crippen LogP contribution >= 0.6 is 0 Å². The monoisotopic (exact) mass is 585 g/mol. The molecule has 1 aliphatic carbocycles. The normalized spacial score (nSPS) is 17.3. The highest BCUT2D eigenvalue weighted by atomic mass is 16.5. The number of likely N-dealkylation sites (tertiary alicyclic amines) is 1. The number of nitrogens with zero attached hydrogens (tertiary/aromatic N) is 4. The zero-order valence-electron chi connectivity index (χ0n) is 24.6. The van der Waals surface area contributed by atoms with Crippen molar-refractivity contribution in [2.75, 3.05) is 59.5 Å². The lowest BCUT2D eigenvalue weighted by Crippen LogP contribution is -2.51. The number of hydrogen-bond acceptors (Lipinski definition) is 7. The molecule has 1 aromatic heterocycles. The van der Waals surface area contributed by atoms with Crippen molar-refractivity contribution in [3.05, 3.63) is 83.2 Å². The molecule has 0 unspecified atom stereocenters. The van der Waals surface area contributed by atoms with Gasteiger partial charge in [-0.3, -0.25) is 14.7 Å². The highest BCUT2D eigenvalue weighted by Crippen LogP contribution is 2.40. The third-order valence-corrected chi connectivity index (χ3v) is 8.56. The number of carbonyl (C=O) groups excluding carboxylic acids is 2. The van der Waals surface area contributed by atoms with Gasteiger partial charge in [0.1, 0.15) is 24.7 Å². The lowest BCUT2D eigenvalue weighted by molar-refractivity contribution is 0.0595. The number of primary amides is 1. The summed E-state index contributed by atoms with van der Waals surface area (Å²) < 4.78 is 17.6. The zero-order chi connectivity index (χ0) is 29.8. The maximum absolute atomic E-state index is 13.1. The maximum Gasteiger partial charge on any atom is 0.314 e. The number of pyridine rings is 1. The van der Waals surface area contributed by atoms with E-state index in [2.05, 4.69) is 40.2 Å². The number of ether oxygens (including phenoxy) is 3. The molecule has 1 saturated carbocycles. The molecule has 3 amide bonds. The van der Waals surface area contributed by atoms with E-state index < -0.39 is 0 Å². The Morgan fingerprint density at radius 1 is 0.860 bits per heavy atom. The lowest BCUT2D eigenvalue weighted by Gasteiger charge is -2.39. The summed E-state index contributed by atoms with van der Waals surface area (Å²) in [5.41, 5.74) is 9.39. The first-order chi connectivity index (χ1) is 21.0. The van der Waals surface area contributed by atoms with Gasteiger partial charge in [0.15, 0.2) is 11.5 Å². The average molecular weight is 586 g/mol. The molecule has 3 aromatic rings. The van der Waals surface area contributed by atoms with Crippen molar-refractivity contribution in [3.63, 3.8) is 0 Å². The van der Waals surface area contributed by atoms with Crippen molar-refractivity contribution in [3.8, 4) is 17.2 Å². The molecular formula is C33H39N5O5. The van der Waals surface area contributed by atoms with Crippen molar-refractivity contribution in [1.29, 1.82) is 0 Å². The number of piperazine rings is 1. The van der Waals surface area contributed by atoms with Crippen LogP contribution in [-0.4, -0.2) is 91.2 Å². The highest BCUT2D eigenvalue weighted by Gasteiger charge is 2.33. The van der Waals surface area contributed by atoms with Crippen LogP contribution in [0, 0.1) is 0 Å². The topological polar surface area (TPSA) is 110 Å². The molecule has 0 radical (unpaired) electrons. The fraction of sp³-hybridized carbons (Fsp3) is 0.424. The van der Waals surface area contributed by atoms with Crippen molar-refractivity contribution in [2.24, 2.45) is 5.73 Å². The smallest absolute Gasteiger partial charge is 0.314 e. The number of urea groups is 1. The molecule has 43 heavy (non-hydrogen) atoms. The number of methoxy groups -OCH3 is 1.